The fourth-order valence-electron chi connectivity index (χ4n) is 1.36. The van der Waals surface area contributed by atoms with Crippen molar-refractivity contribution in [3.63, 3.8) is 0 Å². The van der Waals surface area contributed by atoms with Crippen LogP contribution in [0.15, 0.2) is 0 Å². The number of ether oxygens (including phenoxy) is 1. The Morgan fingerprint density at radius 2 is 2.15 bits per heavy atom. The molecule has 76 valence electrons. The molecular weight excluding hydrogens is 166 g/mol. The molecule has 1 saturated heterocycles. The Bertz CT molecular complexity index is 196. The van der Waals surface area contributed by atoms with E-state index < -0.39 is 0 Å². The Balaban J connectivity index is 2.25. The number of esters is 1. The van der Waals surface area contributed by atoms with E-state index in [4.69, 9.17) is 4.74 Å². The quantitative estimate of drug-likeness (QED) is 0.659. The van der Waals surface area contributed by atoms with E-state index in [0.29, 0.717) is 18.4 Å². The van der Waals surface area contributed by atoms with Gasteiger partial charge in [0.25, 0.3) is 0 Å². The molecule has 0 spiro atoms. The van der Waals surface area contributed by atoms with Gasteiger partial charge in [0.05, 0.1) is 6.42 Å². The minimum absolute atomic E-state index is 0.100. The van der Waals surface area contributed by atoms with Crippen LogP contribution in [0.4, 0.5) is 0 Å². The van der Waals surface area contributed by atoms with Crippen molar-refractivity contribution in [3.05, 3.63) is 0 Å². The molecule has 3 heteroatoms. The molecule has 0 aromatic carbocycles. The van der Waals surface area contributed by atoms with Crippen molar-refractivity contribution >= 4 is 5.97 Å². The molecule has 1 aliphatic rings. The first kappa shape index (κ1) is 10.5. The highest BCUT2D eigenvalue weighted by Crippen LogP contribution is 2.17. The van der Waals surface area contributed by atoms with Crippen LogP contribution in [0.5, 0.6) is 0 Å². The van der Waals surface area contributed by atoms with Gasteiger partial charge < -0.3 is 10.1 Å². The van der Waals surface area contributed by atoms with Gasteiger partial charge in [-0.25, -0.2) is 0 Å². The molecule has 0 amide bonds. The number of carbonyl (C=O) groups excluding carboxylic acids is 1. The Morgan fingerprint density at radius 1 is 1.54 bits per heavy atom. The van der Waals surface area contributed by atoms with Gasteiger partial charge in [0, 0.05) is 6.04 Å². The summed E-state index contributed by atoms with van der Waals surface area (Å²) in [5, 5.41) is 3.21. The predicted molar refractivity (Wildman–Crippen MR) is 51.4 cm³/mol. The van der Waals surface area contributed by atoms with Crippen molar-refractivity contribution in [2.24, 2.45) is 5.92 Å². The molecule has 13 heavy (non-hydrogen) atoms. The van der Waals surface area contributed by atoms with Gasteiger partial charge in [-0.05, 0) is 33.2 Å². The van der Waals surface area contributed by atoms with Gasteiger partial charge in [-0.15, -0.1) is 0 Å². The zero-order chi connectivity index (χ0) is 10.1. The van der Waals surface area contributed by atoms with Crippen molar-refractivity contribution in [1.82, 2.24) is 5.32 Å². The third-order valence-corrected chi connectivity index (χ3v) is 2.20. The molecule has 0 bridgehead atoms. The van der Waals surface area contributed by atoms with Crippen LogP contribution in [0, 0.1) is 5.92 Å². The van der Waals surface area contributed by atoms with Crippen molar-refractivity contribution in [2.75, 3.05) is 6.54 Å². The lowest BCUT2D eigenvalue weighted by Crippen LogP contribution is -2.52. The molecule has 2 atom stereocenters. The van der Waals surface area contributed by atoms with Crippen LogP contribution < -0.4 is 5.32 Å². The van der Waals surface area contributed by atoms with Crippen molar-refractivity contribution < 1.29 is 9.53 Å². The fraction of sp³-hybridized carbons (Fsp3) is 0.900. The second kappa shape index (κ2) is 3.66. The summed E-state index contributed by atoms with van der Waals surface area (Å²) >= 11 is 0. The van der Waals surface area contributed by atoms with Crippen LogP contribution in [0.1, 0.15) is 34.1 Å². The fourth-order valence-corrected chi connectivity index (χ4v) is 1.36. The number of carbonyl (C=O) groups is 1. The highest BCUT2D eigenvalue weighted by atomic mass is 16.6. The summed E-state index contributed by atoms with van der Waals surface area (Å²) < 4.78 is 5.21. The van der Waals surface area contributed by atoms with E-state index in [1.807, 2.05) is 20.8 Å². The van der Waals surface area contributed by atoms with Crippen LogP contribution >= 0.6 is 0 Å². The summed E-state index contributed by atoms with van der Waals surface area (Å²) in [4.78, 5) is 11.3. The average molecular weight is 185 g/mol. The van der Waals surface area contributed by atoms with Crippen molar-refractivity contribution in [1.29, 1.82) is 0 Å². The lowest BCUT2D eigenvalue weighted by Gasteiger charge is -2.35. The van der Waals surface area contributed by atoms with Crippen LogP contribution in [0.2, 0.25) is 0 Å². The minimum atomic E-state index is -0.357. The largest absolute Gasteiger partial charge is 0.460 e. The van der Waals surface area contributed by atoms with Gasteiger partial charge in [0.2, 0.25) is 0 Å². The highest BCUT2D eigenvalue weighted by Gasteiger charge is 2.29. The zero-order valence-electron chi connectivity index (χ0n) is 8.89. The number of hydrogen-bond acceptors (Lipinski definition) is 3. The first-order valence-corrected chi connectivity index (χ1v) is 4.84. The zero-order valence-corrected chi connectivity index (χ0v) is 8.89. The standard InChI is InChI=1S/C10H19NO2/c1-7-6-11-8(7)5-9(12)13-10(2,3)4/h7-8,11H,5-6H2,1-4H3/t7-,8?/m0/s1. The van der Waals surface area contributed by atoms with E-state index in [1.165, 1.54) is 0 Å². The SMILES string of the molecule is C[C@H]1CNC1CC(=O)OC(C)(C)C. The van der Waals surface area contributed by atoms with E-state index in [2.05, 4.69) is 12.2 Å². The molecule has 1 fully saturated rings. The maximum Gasteiger partial charge on any atom is 0.307 e. The third kappa shape index (κ3) is 3.35. The first-order valence-electron chi connectivity index (χ1n) is 4.84. The van der Waals surface area contributed by atoms with E-state index in [9.17, 15) is 4.79 Å². The molecule has 0 aromatic rings. The summed E-state index contributed by atoms with van der Waals surface area (Å²) in [5.74, 6) is 0.504. The Morgan fingerprint density at radius 3 is 2.46 bits per heavy atom. The van der Waals surface area contributed by atoms with Gasteiger partial charge >= 0.3 is 5.97 Å². The van der Waals surface area contributed by atoms with Gasteiger partial charge in [-0.3, -0.25) is 4.79 Å². The molecule has 1 aliphatic heterocycles. The van der Waals surface area contributed by atoms with Crippen LogP contribution in [0.25, 0.3) is 0 Å². The lowest BCUT2D eigenvalue weighted by atomic mass is 9.91. The third-order valence-electron chi connectivity index (χ3n) is 2.20. The summed E-state index contributed by atoms with van der Waals surface area (Å²) in [7, 11) is 0. The molecule has 1 unspecified atom stereocenters. The smallest absolute Gasteiger partial charge is 0.307 e. The second-order valence-electron chi connectivity index (χ2n) is 4.78. The predicted octanol–water partition coefficient (Wildman–Crippen LogP) is 1.33. The number of rotatable bonds is 2. The average Bonchev–Trinajstić information content (AvgIpc) is 1.94. The molecule has 1 N–H and O–H groups in total. The van der Waals surface area contributed by atoms with Crippen molar-refractivity contribution in [3.8, 4) is 0 Å². The summed E-state index contributed by atoms with van der Waals surface area (Å²) in [6, 6.07) is 0.329. The Hall–Kier alpha value is -0.570. The summed E-state index contributed by atoms with van der Waals surface area (Å²) in [6.45, 7) is 8.84. The van der Waals surface area contributed by atoms with E-state index in [-0.39, 0.29) is 11.6 Å². The van der Waals surface area contributed by atoms with Crippen LogP contribution in [0.3, 0.4) is 0 Å². The normalized spacial score (nSPS) is 28.0. The molecule has 0 aliphatic carbocycles. The molecule has 0 saturated carbocycles. The number of nitrogens with one attached hydrogen (secondary N) is 1. The van der Waals surface area contributed by atoms with Gasteiger partial charge in [-0.1, -0.05) is 6.92 Å². The molecule has 0 radical (unpaired) electrons. The second-order valence-corrected chi connectivity index (χ2v) is 4.78. The van der Waals surface area contributed by atoms with E-state index >= 15 is 0 Å². The molecule has 1 heterocycles. The Labute approximate surface area is 79.8 Å². The van der Waals surface area contributed by atoms with Gasteiger partial charge in [0.15, 0.2) is 0 Å². The summed E-state index contributed by atoms with van der Waals surface area (Å²) in [6.07, 6.45) is 0.498. The Kier molecular flexibility index (Phi) is 2.96. The topological polar surface area (TPSA) is 38.3 Å². The first-order chi connectivity index (χ1) is 5.88. The number of hydrogen-bond donors (Lipinski definition) is 1. The molecule has 3 nitrogen and oxygen atoms in total. The highest BCUT2D eigenvalue weighted by molar-refractivity contribution is 5.70. The van der Waals surface area contributed by atoms with Gasteiger partial charge in [0.1, 0.15) is 5.60 Å². The van der Waals surface area contributed by atoms with Crippen molar-refractivity contribution in [2.45, 2.75) is 45.8 Å². The molecule has 1 rings (SSSR count). The summed E-state index contributed by atoms with van der Waals surface area (Å²) in [5.41, 5.74) is -0.357. The maximum atomic E-state index is 11.3. The van der Waals surface area contributed by atoms with Crippen LogP contribution in [-0.2, 0) is 9.53 Å². The van der Waals surface area contributed by atoms with Gasteiger partial charge in [-0.2, -0.15) is 0 Å². The van der Waals surface area contributed by atoms with Crippen LogP contribution in [-0.4, -0.2) is 24.2 Å². The lowest BCUT2D eigenvalue weighted by molar-refractivity contribution is -0.156. The van der Waals surface area contributed by atoms with E-state index in [0.717, 1.165) is 6.54 Å². The monoisotopic (exact) mass is 185 g/mol. The molecule has 0 aromatic heterocycles. The minimum Gasteiger partial charge on any atom is -0.460 e. The molecular formula is C10H19NO2. The van der Waals surface area contributed by atoms with E-state index in [1.54, 1.807) is 0 Å². The maximum absolute atomic E-state index is 11.3.